The number of phenols is 1. The number of aromatic hydroxyl groups is 1. The molecule has 0 heterocycles. The van der Waals surface area contributed by atoms with Crippen molar-refractivity contribution in [3.63, 3.8) is 0 Å². The van der Waals surface area contributed by atoms with Gasteiger partial charge in [0.15, 0.2) is 11.5 Å². The zero-order valence-corrected chi connectivity index (χ0v) is 8.10. The fourth-order valence-electron chi connectivity index (χ4n) is 1.13. The van der Waals surface area contributed by atoms with E-state index in [1.54, 1.807) is 30.4 Å². The smallest absolute Gasteiger partial charge is 0.165 e. The van der Waals surface area contributed by atoms with Crippen LogP contribution >= 0.6 is 0 Å². The Kier molecular flexibility index (Phi) is 4.01. The summed E-state index contributed by atoms with van der Waals surface area (Å²) in [5.41, 5.74) is 0.644. The van der Waals surface area contributed by atoms with E-state index in [-0.39, 0.29) is 12.4 Å². The molecule has 0 unspecified atom stereocenters. The maximum atomic E-state index is 9.69. The van der Waals surface area contributed by atoms with Gasteiger partial charge in [0.2, 0.25) is 0 Å². The number of rotatable bonds is 4. The van der Waals surface area contributed by atoms with E-state index < -0.39 is 0 Å². The number of aliphatic hydroxyl groups is 1. The van der Waals surface area contributed by atoms with E-state index in [1.807, 2.05) is 6.92 Å². The Labute approximate surface area is 83.3 Å². The van der Waals surface area contributed by atoms with E-state index in [0.717, 1.165) is 0 Å². The van der Waals surface area contributed by atoms with Crippen LogP contribution in [0.2, 0.25) is 0 Å². The van der Waals surface area contributed by atoms with E-state index in [2.05, 4.69) is 0 Å². The molecule has 1 aromatic rings. The minimum Gasteiger partial charge on any atom is -0.504 e. The van der Waals surface area contributed by atoms with Gasteiger partial charge in [0.1, 0.15) is 0 Å². The van der Waals surface area contributed by atoms with Gasteiger partial charge in [-0.15, -0.1) is 0 Å². The molecule has 0 aliphatic carbocycles. The van der Waals surface area contributed by atoms with Crippen molar-refractivity contribution < 1.29 is 14.9 Å². The van der Waals surface area contributed by atoms with Gasteiger partial charge in [-0.3, -0.25) is 0 Å². The quantitative estimate of drug-likeness (QED) is 0.768. The molecule has 0 saturated carbocycles. The SMILES string of the molecule is CCOc1cccc(C=CCO)c1O. The minimum absolute atomic E-state index is 0.0434. The maximum Gasteiger partial charge on any atom is 0.165 e. The number of benzene rings is 1. The second kappa shape index (κ2) is 5.29. The van der Waals surface area contributed by atoms with Gasteiger partial charge in [-0.1, -0.05) is 24.3 Å². The maximum absolute atomic E-state index is 9.69. The summed E-state index contributed by atoms with van der Waals surface area (Å²) in [6.45, 7) is 2.33. The molecule has 0 aromatic heterocycles. The molecule has 0 aliphatic rings. The van der Waals surface area contributed by atoms with Crippen molar-refractivity contribution in [2.45, 2.75) is 6.92 Å². The standard InChI is InChI=1S/C11H14O3/c1-2-14-10-7-3-5-9(11(10)13)6-4-8-12/h3-7,12-13H,2,8H2,1H3. The van der Waals surface area contributed by atoms with E-state index >= 15 is 0 Å². The molecule has 0 amide bonds. The minimum atomic E-state index is -0.0434. The topological polar surface area (TPSA) is 49.7 Å². The molecule has 2 N–H and O–H groups in total. The van der Waals surface area contributed by atoms with Gasteiger partial charge in [0.05, 0.1) is 13.2 Å². The second-order valence-electron chi connectivity index (χ2n) is 2.71. The van der Waals surface area contributed by atoms with Crippen LogP contribution in [0.1, 0.15) is 12.5 Å². The first-order valence-corrected chi connectivity index (χ1v) is 4.51. The van der Waals surface area contributed by atoms with Gasteiger partial charge >= 0.3 is 0 Å². The monoisotopic (exact) mass is 194 g/mol. The Bertz CT molecular complexity index is 318. The highest BCUT2D eigenvalue weighted by Gasteiger charge is 2.04. The van der Waals surface area contributed by atoms with Crippen LogP contribution in [-0.2, 0) is 0 Å². The fourth-order valence-corrected chi connectivity index (χ4v) is 1.13. The van der Waals surface area contributed by atoms with Gasteiger partial charge in [-0.2, -0.15) is 0 Å². The normalized spacial score (nSPS) is 10.7. The predicted octanol–water partition coefficient (Wildman–Crippen LogP) is 1.80. The lowest BCUT2D eigenvalue weighted by molar-refractivity contribution is 0.318. The van der Waals surface area contributed by atoms with Crippen molar-refractivity contribution in [1.82, 2.24) is 0 Å². The largest absolute Gasteiger partial charge is 0.504 e. The molecular formula is C11H14O3. The number of para-hydroxylation sites is 1. The van der Waals surface area contributed by atoms with E-state index in [4.69, 9.17) is 9.84 Å². The molecule has 3 heteroatoms. The fraction of sp³-hybridized carbons (Fsp3) is 0.273. The first-order chi connectivity index (χ1) is 6.79. The molecule has 0 radical (unpaired) electrons. The third-order valence-corrected chi connectivity index (χ3v) is 1.73. The molecule has 0 fully saturated rings. The lowest BCUT2D eigenvalue weighted by Gasteiger charge is -2.07. The Morgan fingerprint density at radius 3 is 2.86 bits per heavy atom. The summed E-state index contributed by atoms with van der Waals surface area (Å²) in [6.07, 6.45) is 3.21. The van der Waals surface area contributed by atoms with E-state index in [9.17, 15) is 5.11 Å². The van der Waals surface area contributed by atoms with Crippen LogP contribution in [-0.4, -0.2) is 23.4 Å². The summed E-state index contributed by atoms with van der Waals surface area (Å²) in [7, 11) is 0. The van der Waals surface area contributed by atoms with Crippen molar-refractivity contribution in [1.29, 1.82) is 0 Å². The zero-order valence-electron chi connectivity index (χ0n) is 8.10. The molecule has 1 rings (SSSR count). The van der Waals surface area contributed by atoms with Crippen molar-refractivity contribution in [3.8, 4) is 11.5 Å². The molecule has 0 aliphatic heterocycles. The highest BCUT2D eigenvalue weighted by Crippen LogP contribution is 2.30. The Balaban J connectivity index is 2.95. The number of ether oxygens (including phenoxy) is 1. The average molecular weight is 194 g/mol. The Morgan fingerprint density at radius 2 is 2.21 bits per heavy atom. The third kappa shape index (κ3) is 2.50. The lowest BCUT2D eigenvalue weighted by Crippen LogP contribution is -1.92. The molecule has 0 bridgehead atoms. The van der Waals surface area contributed by atoms with Crippen LogP contribution in [0.15, 0.2) is 24.3 Å². The van der Waals surface area contributed by atoms with Gasteiger partial charge < -0.3 is 14.9 Å². The molecule has 76 valence electrons. The highest BCUT2D eigenvalue weighted by atomic mass is 16.5. The van der Waals surface area contributed by atoms with Crippen LogP contribution in [0, 0.1) is 0 Å². The molecular weight excluding hydrogens is 180 g/mol. The number of hydrogen-bond donors (Lipinski definition) is 2. The average Bonchev–Trinajstić information content (AvgIpc) is 2.20. The van der Waals surface area contributed by atoms with Gasteiger partial charge in [-0.25, -0.2) is 0 Å². The van der Waals surface area contributed by atoms with Gasteiger partial charge in [-0.05, 0) is 13.0 Å². The second-order valence-corrected chi connectivity index (χ2v) is 2.71. The molecule has 0 atom stereocenters. The molecule has 0 spiro atoms. The van der Waals surface area contributed by atoms with Crippen LogP contribution in [0.4, 0.5) is 0 Å². The molecule has 3 nitrogen and oxygen atoms in total. The highest BCUT2D eigenvalue weighted by molar-refractivity contribution is 5.61. The van der Waals surface area contributed by atoms with E-state index in [0.29, 0.717) is 17.9 Å². The summed E-state index contributed by atoms with van der Waals surface area (Å²) in [4.78, 5) is 0. The summed E-state index contributed by atoms with van der Waals surface area (Å²) in [6, 6.07) is 5.25. The first kappa shape index (κ1) is 10.6. The van der Waals surface area contributed by atoms with Crippen LogP contribution in [0.25, 0.3) is 6.08 Å². The number of aliphatic hydroxyl groups excluding tert-OH is 1. The van der Waals surface area contributed by atoms with Crippen LogP contribution < -0.4 is 4.74 Å². The third-order valence-electron chi connectivity index (χ3n) is 1.73. The summed E-state index contributed by atoms with van der Waals surface area (Å²) in [5.74, 6) is 0.576. The van der Waals surface area contributed by atoms with Gasteiger partial charge in [0.25, 0.3) is 0 Å². The summed E-state index contributed by atoms with van der Waals surface area (Å²) in [5, 5.41) is 18.3. The van der Waals surface area contributed by atoms with Crippen molar-refractivity contribution in [3.05, 3.63) is 29.8 Å². The number of phenolic OH excluding ortho intramolecular Hbond substituents is 1. The predicted molar refractivity (Wildman–Crippen MR) is 55.4 cm³/mol. The Morgan fingerprint density at radius 1 is 1.43 bits per heavy atom. The van der Waals surface area contributed by atoms with Crippen LogP contribution in [0.5, 0.6) is 11.5 Å². The Hall–Kier alpha value is -1.48. The summed E-state index contributed by atoms with van der Waals surface area (Å²) < 4.78 is 5.21. The van der Waals surface area contributed by atoms with Crippen molar-refractivity contribution in [2.75, 3.05) is 13.2 Å². The molecule has 1 aromatic carbocycles. The van der Waals surface area contributed by atoms with E-state index in [1.165, 1.54) is 0 Å². The van der Waals surface area contributed by atoms with Gasteiger partial charge in [0, 0.05) is 5.56 Å². The summed E-state index contributed by atoms with van der Waals surface area (Å²) >= 11 is 0. The molecule has 0 saturated heterocycles. The van der Waals surface area contributed by atoms with Crippen molar-refractivity contribution >= 4 is 6.08 Å². The first-order valence-electron chi connectivity index (χ1n) is 4.51. The molecule has 14 heavy (non-hydrogen) atoms. The lowest BCUT2D eigenvalue weighted by atomic mass is 10.1. The van der Waals surface area contributed by atoms with Crippen molar-refractivity contribution in [2.24, 2.45) is 0 Å². The number of hydrogen-bond acceptors (Lipinski definition) is 3. The zero-order chi connectivity index (χ0) is 10.4. The van der Waals surface area contributed by atoms with Crippen LogP contribution in [0.3, 0.4) is 0 Å².